The van der Waals surface area contributed by atoms with Crippen LogP contribution in [0.25, 0.3) is 17.0 Å². The molecule has 0 atom stereocenters. The molecule has 2 aromatic heterocycles. The highest BCUT2D eigenvalue weighted by Gasteiger charge is 2.17. The maximum absolute atomic E-state index is 12.9. The molecule has 0 unspecified atom stereocenters. The molecule has 0 radical (unpaired) electrons. The summed E-state index contributed by atoms with van der Waals surface area (Å²) < 4.78 is 3.06. The molecule has 0 saturated carbocycles. The van der Waals surface area contributed by atoms with Crippen molar-refractivity contribution in [2.45, 2.75) is 19.3 Å². The minimum Gasteiger partial charge on any atom is -0.353 e. The molecule has 140 valence electrons. The first-order valence-corrected chi connectivity index (χ1v) is 9.58. The molecule has 2 aromatic carbocycles. The van der Waals surface area contributed by atoms with Gasteiger partial charge in [0.05, 0.1) is 22.9 Å². The molecule has 1 aliphatic rings. The van der Waals surface area contributed by atoms with Crippen molar-refractivity contribution in [1.29, 1.82) is 0 Å². The van der Waals surface area contributed by atoms with Gasteiger partial charge in [0.2, 0.25) is 5.95 Å². The molecule has 5 rings (SSSR count). The number of anilines is 2. The molecular formula is C21H18ClN5O. The fraction of sp³-hybridized carbons (Fsp3) is 0.190. The van der Waals surface area contributed by atoms with Crippen molar-refractivity contribution in [2.75, 3.05) is 5.32 Å². The summed E-state index contributed by atoms with van der Waals surface area (Å²) in [5.41, 5.74) is 5.44. The number of aryl methyl sites for hydroxylation is 3. The summed E-state index contributed by atoms with van der Waals surface area (Å²) in [6.45, 7) is 0. The van der Waals surface area contributed by atoms with Gasteiger partial charge in [-0.25, -0.2) is 4.98 Å². The zero-order valence-corrected chi connectivity index (χ0v) is 16.1. The lowest BCUT2D eigenvalue weighted by molar-refractivity contribution is 0.719. The number of nitrogens with one attached hydrogen (secondary N) is 1. The standard InChI is InChI=1S/C21H18ClN5O/c1-26-18-8-3-2-7-16(18)25-21(26)27-20(28)19(22)17(12-23-27)24-15-10-9-13-5-4-6-14(13)11-15/h2-3,7-12,24H,4-6H2,1H3. The van der Waals surface area contributed by atoms with Gasteiger partial charge < -0.3 is 9.88 Å². The van der Waals surface area contributed by atoms with Crippen molar-refractivity contribution in [1.82, 2.24) is 19.3 Å². The number of nitrogens with zero attached hydrogens (tertiary/aromatic N) is 4. The van der Waals surface area contributed by atoms with Crippen molar-refractivity contribution in [3.05, 3.63) is 75.2 Å². The average molecular weight is 392 g/mol. The van der Waals surface area contributed by atoms with E-state index in [2.05, 4.69) is 27.5 Å². The average Bonchev–Trinajstić information content (AvgIpc) is 3.30. The van der Waals surface area contributed by atoms with Crippen LogP contribution in [0, 0.1) is 0 Å². The Kier molecular flexibility index (Phi) is 3.94. The summed E-state index contributed by atoms with van der Waals surface area (Å²) in [5.74, 6) is 0.428. The molecule has 28 heavy (non-hydrogen) atoms. The summed E-state index contributed by atoms with van der Waals surface area (Å²) in [6, 6.07) is 13.9. The zero-order valence-electron chi connectivity index (χ0n) is 15.3. The first-order chi connectivity index (χ1) is 13.6. The van der Waals surface area contributed by atoms with Gasteiger partial charge in [0.15, 0.2) is 0 Å². The number of imidazole rings is 1. The molecule has 6 nitrogen and oxygen atoms in total. The predicted octanol–water partition coefficient (Wildman–Crippen LogP) is 4.00. The van der Waals surface area contributed by atoms with E-state index in [1.165, 1.54) is 22.2 Å². The number of hydrogen-bond acceptors (Lipinski definition) is 4. The molecule has 1 N–H and O–H groups in total. The Balaban J connectivity index is 1.53. The van der Waals surface area contributed by atoms with E-state index in [-0.39, 0.29) is 5.02 Å². The van der Waals surface area contributed by atoms with E-state index in [1.54, 1.807) is 6.20 Å². The number of hydrogen-bond donors (Lipinski definition) is 1. The second kappa shape index (κ2) is 6.49. The molecule has 0 spiro atoms. The Morgan fingerprint density at radius 1 is 1.11 bits per heavy atom. The molecule has 0 amide bonds. The highest BCUT2D eigenvalue weighted by molar-refractivity contribution is 6.33. The summed E-state index contributed by atoms with van der Waals surface area (Å²) in [6.07, 6.45) is 4.97. The van der Waals surface area contributed by atoms with E-state index in [0.29, 0.717) is 11.6 Å². The zero-order chi connectivity index (χ0) is 19.3. The van der Waals surface area contributed by atoms with Crippen LogP contribution in [0.3, 0.4) is 0 Å². The van der Waals surface area contributed by atoms with Crippen LogP contribution in [-0.4, -0.2) is 19.3 Å². The summed E-state index contributed by atoms with van der Waals surface area (Å²) in [5, 5.41) is 7.62. The smallest absolute Gasteiger partial charge is 0.295 e. The molecule has 4 aromatic rings. The quantitative estimate of drug-likeness (QED) is 0.573. The van der Waals surface area contributed by atoms with Gasteiger partial charge in [-0.05, 0) is 54.7 Å². The lowest BCUT2D eigenvalue weighted by Gasteiger charge is -2.11. The van der Waals surface area contributed by atoms with Crippen LogP contribution in [-0.2, 0) is 19.9 Å². The third kappa shape index (κ3) is 2.68. The van der Waals surface area contributed by atoms with E-state index in [4.69, 9.17) is 11.6 Å². The molecule has 1 aliphatic carbocycles. The fourth-order valence-electron chi connectivity index (χ4n) is 3.79. The van der Waals surface area contributed by atoms with Crippen LogP contribution >= 0.6 is 11.6 Å². The number of halogens is 1. The Morgan fingerprint density at radius 2 is 1.93 bits per heavy atom. The van der Waals surface area contributed by atoms with Crippen molar-refractivity contribution >= 4 is 34.0 Å². The SMILES string of the molecule is Cn1c(-n2ncc(Nc3ccc4c(c3)CCC4)c(Cl)c2=O)nc2ccccc21. The molecule has 7 heteroatoms. The van der Waals surface area contributed by atoms with Crippen molar-refractivity contribution < 1.29 is 0 Å². The molecule has 0 saturated heterocycles. The van der Waals surface area contributed by atoms with E-state index in [1.807, 2.05) is 41.9 Å². The minimum absolute atomic E-state index is 0.0857. The van der Waals surface area contributed by atoms with E-state index < -0.39 is 5.56 Å². The third-order valence-electron chi connectivity index (χ3n) is 5.25. The van der Waals surface area contributed by atoms with Gasteiger partial charge in [0, 0.05) is 12.7 Å². The maximum Gasteiger partial charge on any atom is 0.295 e. The lowest BCUT2D eigenvalue weighted by Crippen LogP contribution is -2.24. The second-order valence-electron chi connectivity index (χ2n) is 7.01. The Morgan fingerprint density at radius 3 is 2.79 bits per heavy atom. The van der Waals surface area contributed by atoms with E-state index in [9.17, 15) is 4.79 Å². The first-order valence-electron chi connectivity index (χ1n) is 9.20. The highest BCUT2D eigenvalue weighted by atomic mass is 35.5. The molecule has 2 heterocycles. The van der Waals surface area contributed by atoms with Gasteiger partial charge in [0.25, 0.3) is 5.56 Å². The van der Waals surface area contributed by atoms with Crippen LogP contribution < -0.4 is 10.9 Å². The Labute approximate surface area is 166 Å². The monoisotopic (exact) mass is 391 g/mol. The number of aromatic nitrogens is 4. The van der Waals surface area contributed by atoms with Gasteiger partial charge in [0.1, 0.15) is 5.02 Å². The van der Waals surface area contributed by atoms with Gasteiger partial charge >= 0.3 is 0 Å². The largest absolute Gasteiger partial charge is 0.353 e. The highest BCUT2D eigenvalue weighted by Crippen LogP contribution is 2.28. The second-order valence-corrected chi connectivity index (χ2v) is 7.39. The first kappa shape index (κ1) is 17.0. The molecule has 0 aliphatic heterocycles. The summed E-state index contributed by atoms with van der Waals surface area (Å²) in [4.78, 5) is 17.4. The number of benzene rings is 2. The van der Waals surface area contributed by atoms with Crippen molar-refractivity contribution in [3.8, 4) is 5.95 Å². The minimum atomic E-state index is -0.411. The summed E-state index contributed by atoms with van der Waals surface area (Å²) >= 11 is 6.39. The molecule has 0 fully saturated rings. The normalized spacial score (nSPS) is 13.1. The van der Waals surface area contributed by atoms with Crippen molar-refractivity contribution in [3.63, 3.8) is 0 Å². The number of fused-ring (bicyclic) bond motifs is 2. The topological polar surface area (TPSA) is 64.7 Å². The van der Waals surface area contributed by atoms with Crippen LogP contribution in [0.2, 0.25) is 5.02 Å². The molecule has 0 bridgehead atoms. The number of para-hydroxylation sites is 2. The summed E-state index contributed by atoms with van der Waals surface area (Å²) in [7, 11) is 1.85. The lowest BCUT2D eigenvalue weighted by atomic mass is 10.1. The van der Waals surface area contributed by atoms with E-state index >= 15 is 0 Å². The van der Waals surface area contributed by atoms with Crippen LogP contribution in [0.4, 0.5) is 11.4 Å². The maximum atomic E-state index is 12.9. The van der Waals surface area contributed by atoms with Crippen LogP contribution in [0.1, 0.15) is 17.5 Å². The van der Waals surface area contributed by atoms with E-state index in [0.717, 1.165) is 29.6 Å². The molecular weight excluding hydrogens is 374 g/mol. The van der Waals surface area contributed by atoms with Gasteiger partial charge in [-0.2, -0.15) is 9.78 Å². The fourth-order valence-corrected chi connectivity index (χ4v) is 3.97. The van der Waals surface area contributed by atoms with Crippen molar-refractivity contribution in [2.24, 2.45) is 7.05 Å². The van der Waals surface area contributed by atoms with Gasteiger partial charge in [-0.15, -0.1) is 0 Å². The van der Waals surface area contributed by atoms with Gasteiger partial charge in [-0.3, -0.25) is 4.79 Å². The number of rotatable bonds is 3. The Hall–Kier alpha value is -3.12. The predicted molar refractivity (Wildman–Crippen MR) is 111 cm³/mol. The van der Waals surface area contributed by atoms with Crippen LogP contribution in [0.15, 0.2) is 53.5 Å². The van der Waals surface area contributed by atoms with Crippen LogP contribution in [0.5, 0.6) is 0 Å². The Bertz CT molecular complexity index is 1270. The third-order valence-corrected chi connectivity index (χ3v) is 5.61. The van der Waals surface area contributed by atoms with Gasteiger partial charge in [-0.1, -0.05) is 29.8 Å².